The zero-order chi connectivity index (χ0) is 10.3. The van der Waals surface area contributed by atoms with Crippen LogP contribution in [0.5, 0.6) is 0 Å². The molecular weight excluding hydrogens is 160 g/mol. The second kappa shape index (κ2) is 6.39. The van der Waals surface area contributed by atoms with Crippen LogP contribution in [0.4, 0.5) is 0 Å². The van der Waals surface area contributed by atoms with Gasteiger partial charge in [-0.25, -0.2) is 0 Å². The Morgan fingerprint density at radius 3 is 2.31 bits per heavy atom. The molecule has 2 nitrogen and oxygen atoms in total. The summed E-state index contributed by atoms with van der Waals surface area (Å²) >= 11 is 0. The van der Waals surface area contributed by atoms with Crippen molar-refractivity contribution in [1.29, 1.82) is 0 Å². The molecule has 0 aromatic rings. The minimum Gasteiger partial charge on any atom is -0.328 e. The average molecular weight is 186 g/mol. The van der Waals surface area contributed by atoms with Gasteiger partial charge in [0.15, 0.2) is 0 Å². The number of nitrogens with one attached hydrogen (secondary N) is 1. The summed E-state index contributed by atoms with van der Waals surface area (Å²) in [6.07, 6.45) is 3.41. The van der Waals surface area contributed by atoms with Crippen LogP contribution in [0.25, 0.3) is 0 Å². The molecule has 0 aliphatic heterocycles. The highest BCUT2D eigenvalue weighted by atomic mass is 14.8. The van der Waals surface area contributed by atoms with E-state index in [-0.39, 0.29) is 0 Å². The van der Waals surface area contributed by atoms with E-state index in [0.717, 1.165) is 25.9 Å². The van der Waals surface area contributed by atoms with Gasteiger partial charge in [0.25, 0.3) is 0 Å². The van der Waals surface area contributed by atoms with Crippen molar-refractivity contribution in [3.8, 4) is 0 Å². The van der Waals surface area contributed by atoms with E-state index in [1.165, 1.54) is 6.42 Å². The first kappa shape index (κ1) is 12.9. The molecule has 0 amide bonds. The lowest BCUT2D eigenvalue weighted by molar-refractivity contribution is 0.329. The van der Waals surface area contributed by atoms with Gasteiger partial charge in [-0.2, -0.15) is 0 Å². The molecule has 1 atom stereocenters. The maximum absolute atomic E-state index is 6.00. The number of nitrogens with two attached hydrogens (primary N) is 1. The normalized spacial score (nSPS) is 14.5. The topological polar surface area (TPSA) is 38.0 Å². The Morgan fingerprint density at radius 2 is 1.85 bits per heavy atom. The minimum atomic E-state index is 0.351. The molecule has 1 unspecified atom stereocenters. The molecule has 2 heteroatoms. The average Bonchev–Trinajstić information content (AvgIpc) is 1.94. The fourth-order valence-corrected chi connectivity index (χ4v) is 1.48. The Kier molecular flexibility index (Phi) is 6.35. The summed E-state index contributed by atoms with van der Waals surface area (Å²) in [5, 5.41) is 3.37. The quantitative estimate of drug-likeness (QED) is 0.624. The van der Waals surface area contributed by atoms with E-state index in [9.17, 15) is 0 Å². The van der Waals surface area contributed by atoms with Crippen molar-refractivity contribution in [2.24, 2.45) is 11.1 Å². The van der Waals surface area contributed by atoms with E-state index >= 15 is 0 Å². The van der Waals surface area contributed by atoms with Crippen molar-refractivity contribution in [1.82, 2.24) is 5.32 Å². The van der Waals surface area contributed by atoms with Gasteiger partial charge in [-0.05, 0) is 37.8 Å². The van der Waals surface area contributed by atoms with Gasteiger partial charge in [0.2, 0.25) is 0 Å². The standard InChI is InChI=1S/C11H26N2/c1-5-7-13-8-6-10(12)9-11(2,3)4/h10,13H,5-9,12H2,1-4H3. The van der Waals surface area contributed by atoms with Crippen LogP contribution in [-0.2, 0) is 0 Å². The minimum absolute atomic E-state index is 0.351. The highest BCUT2D eigenvalue weighted by Crippen LogP contribution is 2.20. The van der Waals surface area contributed by atoms with Crippen LogP contribution in [-0.4, -0.2) is 19.1 Å². The third-order valence-electron chi connectivity index (χ3n) is 1.99. The lowest BCUT2D eigenvalue weighted by atomic mass is 9.87. The second-order valence-electron chi connectivity index (χ2n) is 5.06. The van der Waals surface area contributed by atoms with Gasteiger partial charge in [0.05, 0.1) is 0 Å². The predicted octanol–water partition coefficient (Wildman–Crippen LogP) is 2.14. The lowest BCUT2D eigenvalue weighted by Gasteiger charge is -2.23. The molecule has 13 heavy (non-hydrogen) atoms. The van der Waals surface area contributed by atoms with E-state index in [2.05, 4.69) is 33.0 Å². The van der Waals surface area contributed by atoms with E-state index in [1.54, 1.807) is 0 Å². The first-order chi connectivity index (χ1) is 5.95. The molecule has 0 aromatic carbocycles. The van der Waals surface area contributed by atoms with Crippen molar-refractivity contribution >= 4 is 0 Å². The summed E-state index contributed by atoms with van der Waals surface area (Å²) in [4.78, 5) is 0. The highest BCUT2D eigenvalue weighted by molar-refractivity contribution is 4.71. The molecule has 0 aliphatic carbocycles. The molecule has 0 spiro atoms. The Balaban J connectivity index is 3.35. The summed E-state index contributed by atoms with van der Waals surface area (Å²) in [5.74, 6) is 0. The molecule has 0 saturated carbocycles. The van der Waals surface area contributed by atoms with Crippen LogP contribution in [0, 0.1) is 5.41 Å². The van der Waals surface area contributed by atoms with Crippen molar-refractivity contribution in [2.75, 3.05) is 13.1 Å². The Hall–Kier alpha value is -0.0800. The Bertz CT molecular complexity index is 116. The van der Waals surface area contributed by atoms with E-state index in [1.807, 2.05) is 0 Å². The van der Waals surface area contributed by atoms with Crippen LogP contribution < -0.4 is 11.1 Å². The molecule has 0 fully saturated rings. The zero-order valence-corrected chi connectivity index (χ0v) is 9.69. The zero-order valence-electron chi connectivity index (χ0n) is 9.69. The summed E-state index contributed by atoms with van der Waals surface area (Å²) in [7, 11) is 0. The maximum Gasteiger partial charge on any atom is 0.00558 e. The largest absolute Gasteiger partial charge is 0.328 e. The van der Waals surface area contributed by atoms with Crippen LogP contribution >= 0.6 is 0 Å². The van der Waals surface area contributed by atoms with E-state index in [4.69, 9.17) is 5.73 Å². The summed E-state index contributed by atoms with van der Waals surface area (Å²) in [6, 6.07) is 0.351. The third kappa shape index (κ3) is 9.84. The predicted molar refractivity (Wildman–Crippen MR) is 59.8 cm³/mol. The van der Waals surface area contributed by atoms with Crippen LogP contribution in [0.3, 0.4) is 0 Å². The summed E-state index contributed by atoms with van der Waals surface area (Å²) in [6.45, 7) is 11.1. The monoisotopic (exact) mass is 186 g/mol. The second-order valence-corrected chi connectivity index (χ2v) is 5.06. The molecule has 0 rings (SSSR count). The number of rotatable bonds is 6. The Labute approximate surface area is 83.3 Å². The molecule has 80 valence electrons. The van der Waals surface area contributed by atoms with Crippen LogP contribution in [0.2, 0.25) is 0 Å². The van der Waals surface area contributed by atoms with Gasteiger partial charge in [0.1, 0.15) is 0 Å². The van der Waals surface area contributed by atoms with Gasteiger partial charge in [-0.1, -0.05) is 27.7 Å². The summed E-state index contributed by atoms with van der Waals surface area (Å²) in [5.41, 5.74) is 6.37. The highest BCUT2D eigenvalue weighted by Gasteiger charge is 2.14. The van der Waals surface area contributed by atoms with Crippen molar-refractivity contribution in [2.45, 2.75) is 53.0 Å². The lowest BCUT2D eigenvalue weighted by Crippen LogP contribution is -2.30. The van der Waals surface area contributed by atoms with Crippen LogP contribution in [0.1, 0.15) is 47.0 Å². The molecular formula is C11H26N2. The fraction of sp³-hybridized carbons (Fsp3) is 1.00. The molecule has 0 radical (unpaired) electrons. The van der Waals surface area contributed by atoms with Crippen molar-refractivity contribution in [3.05, 3.63) is 0 Å². The molecule has 0 aliphatic rings. The van der Waals surface area contributed by atoms with Crippen molar-refractivity contribution in [3.63, 3.8) is 0 Å². The van der Waals surface area contributed by atoms with Gasteiger partial charge < -0.3 is 11.1 Å². The molecule has 0 aromatic heterocycles. The van der Waals surface area contributed by atoms with Crippen LogP contribution in [0.15, 0.2) is 0 Å². The Morgan fingerprint density at radius 1 is 1.23 bits per heavy atom. The van der Waals surface area contributed by atoms with Gasteiger partial charge >= 0.3 is 0 Å². The summed E-state index contributed by atoms with van der Waals surface area (Å²) < 4.78 is 0. The third-order valence-corrected chi connectivity index (χ3v) is 1.99. The smallest absolute Gasteiger partial charge is 0.00558 e. The first-order valence-electron chi connectivity index (χ1n) is 5.42. The van der Waals surface area contributed by atoms with Gasteiger partial charge in [0, 0.05) is 6.04 Å². The molecule has 0 heterocycles. The SMILES string of the molecule is CCCNCCC(N)CC(C)(C)C. The molecule has 3 N–H and O–H groups in total. The number of hydrogen-bond donors (Lipinski definition) is 2. The molecule has 0 saturated heterocycles. The maximum atomic E-state index is 6.00. The van der Waals surface area contributed by atoms with Gasteiger partial charge in [-0.3, -0.25) is 0 Å². The fourth-order valence-electron chi connectivity index (χ4n) is 1.48. The molecule has 0 bridgehead atoms. The first-order valence-corrected chi connectivity index (χ1v) is 5.42. The van der Waals surface area contributed by atoms with Gasteiger partial charge in [-0.15, -0.1) is 0 Å². The van der Waals surface area contributed by atoms with E-state index < -0.39 is 0 Å². The number of hydrogen-bond acceptors (Lipinski definition) is 2. The van der Waals surface area contributed by atoms with E-state index in [0.29, 0.717) is 11.5 Å². The van der Waals surface area contributed by atoms with Crippen molar-refractivity contribution < 1.29 is 0 Å².